The topological polar surface area (TPSA) is 49.3 Å². The van der Waals surface area contributed by atoms with E-state index in [4.69, 9.17) is 0 Å². The lowest BCUT2D eigenvalue weighted by Crippen LogP contribution is -2.24. The van der Waals surface area contributed by atoms with Gasteiger partial charge in [-0.1, -0.05) is 19.1 Å². The van der Waals surface area contributed by atoms with Crippen LogP contribution < -0.4 is 5.32 Å². The highest BCUT2D eigenvalue weighted by Crippen LogP contribution is 2.12. The van der Waals surface area contributed by atoms with Gasteiger partial charge in [0.05, 0.1) is 6.10 Å². The normalized spacial score (nSPS) is 23.7. The highest BCUT2D eigenvalue weighted by molar-refractivity contribution is 5.78. The Morgan fingerprint density at radius 1 is 1.69 bits per heavy atom. The minimum absolute atomic E-state index is 0.0895. The van der Waals surface area contributed by atoms with Crippen molar-refractivity contribution in [2.75, 3.05) is 0 Å². The number of carbonyl (C=O) groups excluding carboxylic acids is 1. The van der Waals surface area contributed by atoms with E-state index < -0.39 is 6.10 Å². The van der Waals surface area contributed by atoms with Gasteiger partial charge in [-0.3, -0.25) is 4.79 Å². The number of hydrogen-bond acceptors (Lipinski definition) is 2. The van der Waals surface area contributed by atoms with E-state index in [1.807, 2.05) is 13.0 Å². The molecule has 1 heterocycles. The molecule has 88 valence electrons. The van der Waals surface area contributed by atoms with Gasteiger partial charge in [-0.2, -0.15) is 0 Å². The van der Waals surface area contributed by atoms with Crippen LogP contribution in [-0.2, 0) is 4.79 Å². The summed E-state index contributed by atoms with van der Waals surface area (Å²) in [6.07, 6.45) is 5.26. The maximum Gasteiger partial charge on any atom is 0.220 e. The van der Waals surface area contributed by atoms with Crippen LogP contribution in [0.1, 0.15) is 33.1 Å². The van der Waals surface area contributed by atoms with Crippen LogP contribution in [0, 0.1) is 17.8 Å². The molecule has 0 aromatic rings. The first-order valence-electron chi connectivity index (χ1n) is 5.69. The minimum atomic E-state index is -0.488. The quantitative estimate of drug-likeness (QED) is 0.554. The molecule has 0 spiro atoms. The Labute approximate surface area is 96.9 Å². The molecule has 0 radical (unpaired) electrons. The zero-order valence-electron chi connectivity index (χ0n) is 9.86. The second-order valence-corrected chi connectivity index (χ2v) is 4.20. The minimum Gasteiger partial charge on any atom is -0.389 e. The van der Waals surface area contributed by atoms with Crippen molar-refractivity contribution in [2.45, 2.75) is 45.3 Å². The summed E-state index contributed by atoms with van der Waals surface area (Å²) in [5.41, 5.74) is 0. The van der Waals surface area contributed by atoms with Gasteiger partial charge in [-0.05, 0) is 19.3 Å². The lowest BCUT2D eigenvalue weighted by molar-refractivity contribution is -0.119. The summed E-state index contributed by atoms with van der Waals surface area (Å²) in [5, 5.41) is 12.6. The lowest BCUT2D eigenvalue weighted by atomic mass is 10.00. The van der Waals surface area contributed by atoms with Crippen molar-refractivity contribution in [3.63, 3.8) is 0 Å². The number of aliphatic hydroxyl groups is 1. The predicted octanol–water partition coefficient (Wildman–Crippen LogP) is 1.23. The van der Waals surface area contributed by atoms with E-state index in [1.54, 1.807) is 13.0 Å². The first-order valence-corrected chi connectivity index (χ1v) is 5.69. The van der Waals surface area contributed by atoms with E-state index in [0.29, 0.717) is 12.8 Å². The summed E-state index contributed by atoms with van der Waals surface area (Å²) >= 11 is 0. The van der Waals surface area contributed by atoms with Crippen LogP contribution in [0.25, 0.3) is 0 Å². The summed E-state index contributed by atoms with van der Waals surface area (Å²) in [5.74, 6) is 5.98. The molecule has 1 aliphatic rings. The van der Waals surface area contributed by atoms with Crippen molar-refractivity contribution in [3.8, 4) is 11.8 Å². The standard InChI is InChI=1S/C13H19NO2/c1-3-4-5-10(2)12(15)8-6-11-7-9-13(16)14-11/h6,8,10-12,15H,5,7,9H2,1-2H3,(H,14,16)/b8-6+/t10-,11-,12+/m0/s1. The molecule has 3 atom stereocenters. The predicted molar refractivity (Wildman–Crippen MR) is 63.5 cm³/mol. The van der Waals surface area contributed by atoms with Crippen molar-refractivity contribution >= 4 is 5.91 Å². The monoisotopic (exact) mass is 221 g/mol. The van der Waals surface area contributed by atoms with Crippen LogP contribution in [0.3, 0.4) is 0 Å². The Kier molecular flexibility index (Phi) is 5.07. The molecular formula is C13H19NO2. The molecule has 16 heavy (non-hydrogen) atoms. The number of amides is 1. The first kappa shape index (κ1) is 12.8. The Bertz CT molecular complexity index is 325. The van der Waals surface area contributed by atoms with E-state index in [9.17, 15) is 9.90 Å². The van der Waals surface area contributed by atoms with Crippen LogP contribution in [-0.4, -0.2) is 23.2 Å². The van der Waals surface area contributed by atoms with Crippen molar-refractivity contribution < 1.29 is 9.90 Å². The first-order chi connectivity index (χ1) is 7.63. The van der Waals surface area contributed by atoms with E-state index in [-0.39, 0.29) is 17.9 Å². The third kappa shape index (κ3) is 4.08. The number of aliphatic hydroxyl groups excluding tert-OH is 1. The molecule has 0 unspecified atom stereocenters. The van der Waals surface area contributed by atoms with Crippen LogP contribution >= 0.6 is 0 Å². The Hall–Kier alpha value is -1.27. The van der Waals surface area contributed by atoms with E-state index in [0.717, 1.165) is 6.42 Å². The van der Waals surface area contributed by atoms with Crippen LogP contribution in [0.5, 0.6) is 0 Å². The molecular weight excluding hydrogens is 202 g/mol. The van der Waals surface area contributed by atoms with E-state index in [1.165, 1.54) is 0 Å². The molecule has 2 N–H and O–H groups in total. The van der Waals surface area contributed by atoms with Crippen LogP contribution in [0.4, 0.5) is 0 Å². The van der Waals surface area contributed by atoms with Gasteiger partial charge in [-0.25, -0.2) is 0 Å². The van der Waals surface area contributed by atoms with Gasteiger partial charge in [-0.15, -0.1) is 11.8 Å². The van der Waals surface area contributed by atoms with Gasteiger partial charge in [0.25, 0.3) is 0 Å². The fourth-order valence-electron chi connectivity index (χ4n) is 1.60. The summed E-state index contributed by atoms with van der Waals surface area (Å²) in [6.45, 7) is 3.76. The molecule has 1 amide bonds. The third-order valence-electron chi connectivity index (χ3n) is 2.75. The van der Waals surface area contributed by atoms with Gasteiger partial charge in [0.2, 0.25) is 5.91 Å². The average molecular weight is 221 g/mol. The maximum absolute atomic E-state index is 10.9. The van der Waals surface area contributed by atoms with Crippen molar-refractivity contribution in [2.24, 2.45) is 5.92 Å². The van der Waals surface area contributed by atoms with E-state index in [2.05, 4.69) is 17.2 Å². The molecule has 0 aromatic heterocycles. The molecule has 0 bridgehead atoms. The molecule has 0 saturated carbocycles. The molecule has 0 aromatic carbocycles. The van der Waals surface area contributed by atoms with Crippen molar-refractivity contribution in [1.29, 1.82) is 0 Å². The molecule has 1 rings (SSSR count). The Morgan fingerprint density at radius 2 is 2.44 bits per heavy atom. The number of hydrogen-bond donors (Lipinski definition) is 2. The average Bonchev–Trinajstić information content (AvgIpc) is 2.68. The van der Waals surface area contributed by atoms with Crippen molar-refractivity contribution in [3.05, 3.63) is 12.2 Å². The molecule has 1 aliphatic heterocycles. The summed E-state index contributed by atoms with van der Waals surface area (Å²) in [6, 6.07) is 0.0895. The third-order valence-corrected chi connectivity index (χ3v) is 2.75. The van der Waals surface area contributed by atoms with E-state index >= 15 is 0 Å². The smallest absolute Gasteiger partial charge is 0.220 e. The highest BCUT2D eigenvalue weighted by atomic mass is 16.3. The number of rotatable bonds is 4. The number of nitrogens with one attached hydrogen (secondary N) is 1. The molecule has 1 saturated heterocycles. The van der Waals surface area contributed by atoms with Gasteiger partial charge in [0.1, 0.15) is 0 Å². The van der Waals surface area contributed by atoms with Gasteiger partial charge < -0.3 is 10.4 Å². The zero-order chi connectivity index (χ0) is 12.0. The van der Waals surface area contributed by atoms with Gasteiger partial charge >= 0.3 is 0 Å². The molecule has 1 fully saturated rings. The fourth-order valence-corrected chi connectivity index (χ4v) is 1.60. The van der Waals surface area contributed by atoms with Crippen LogP contribution in [0.15, 0.2) is 12.2 Å². The zero-order valence-corrected chi connectivity index (χ0v) is 9.86. The lowest BCUT2D eigenvalue weighted by Gasteiger charge is -2.13. The van der Waals surface area contributed by atoms with Crippen molar-refractivity contribution in [1.82, 2.24) is 5.32 Å². The Morgan fingerprint density at radius 3 is 3.00 bits per heavy atom. The van der Waals surface area contributed by atoms with Gasteiger partial charge in [0, 0.05) is 18.9 Å². The summed E-state index contributed by atoms with van der Waals surface area (Å²) < 4.78 is 0. The second kappa shape index (κ2) is 6.34. The SMILES string of the molecule is CC#CC[C@H](C)[C@H](O)/C=C/[C@H]1CCC(=O)N1. The summed E-state index contributed by atoms with van der Waals surface area (Å²) in [4.78, 5) is 10.9. The second-order valence-electron chi connectivity index (χ2n) is 4.20. The number of carbonyl (C=O) groups is 1. The molecule has 3 heteroatoms. The Balaban J connectivity index is 2.36. The highest BCUT2D eigenvalue weighted by Gasteiger charge is 2.18. The maximum atomic E-state index is 10.9. The van der Waals surface area contributed by atoms with Crippen LogP contribution in [0.2, 0.25) is 0 Å². The largest absolute Gasteiger partial charge is 0.389 e. The fraction of sp³-hybridized carbons (Fsp3) is 0.615. The molecule has 3 nitrogen and oxygen atoms in total. The molecule has 0 aliphatic carbocycles. The summed E-state index contributed by atoms with van der Waals surface area (Å²) in [7, 11) is 0. The van der Waals surface area contributed by atoms with Gasteiger partial charge in [0.15, 0.2) is 0 Å².